The normalized spacial score (nSPS) is 25.0. The molecule has 3 N–H and O–H groups in total. The van der Waals surface area contributed by atoms with E-state index in [1.54, 1.807) is 72.8 Å². The first-order valence-corrected chi connectivity index (χ1v) is 20.7. The lowest BCUT2D eigenvalue weighted by atomic mass is 9.87. The largest absolute Gasteiger partial charge is 0.508 e. The Kier molecular flexibility index (Phi) is 15.8. The fraction of sp³-hybridized carbons (Fsp3) is 0.409. The van der Waals surface area contributed by atoms with Crippen LogP contribution >= 0.6 is 15.9 Å². The van der Waals surface area contributed by atoms with Crippen molar-refractivity contribution in [3.63, 3.8) is 0 Å². The predicted octanol–water partition coefficient (Wildman–Crippen LogP) is 7.45. The van der Waals surface area contributed by atoms with E-state index in [0.29, 0.717) is 52.1 Å². The number of rotatable bonds is 7. The number of phenolic OH excluding ortho intramolecular Hbond substituents is 2. The van der Waals surface area contributed by atoms with Crippen LogP contribution in [0.5, 0.6) is 11.5 Å². The summed E-state index contributed by atoms with van der Waals surface area (Å²) in [4.78, 5) is 37.1. The smallest absolute Gasteiger partial charge is 0.263 e. The third-order valence-corrected chi connectivity index (χ3v) is 11.7. The molecule has 2 unspecified atom stereocenters. The van der Waals surface area contributed by atoms with Gasteiger partial charge in [0.2, 0.25) is 0 Å². The monoisotopic (exact) mass is 884 g/mol. The second-order valence-corrected chi connectivity index (χ2v) is 16.0. The molecule has 4 saturated heterocycles. The van der Waals surface area contributed by atoms with Crippen molar-refractivity contribution in [1.29, 1.82) is 0 Å². The summed E-state index contributed by atoms with van der Waals surface area (Å²) in [5.74, 6) is -0.745. The topological polar surface area (TPSA) is 115 Å². The van der Waals surface area contributed by atoms with Crippen LogP contribution in [0, 0.1) is 11.6 Å². The number of hydrogen-bond donors (Lipinski definition) is 3. The van der Waals surface area contributed by atoms with Crippen molar-refractivity contribution in [2.45, 2.75) is 73.8 Å². The minimum absolute atomic E-state index is 0.0168. The molecule has 15 heteroatoms. The van der Waals surface area contributed by atoms with E-state index in [0.717, 1.165) is 35.2 Å². The quantitative estimate of drug-likeness (QED) is 0.130. The SMILES string of the molecule is O=C1C(Br)CCON1Cc1ccc(F)cc1.O=C1C(N2CC[C@@H](c3ccc(O)cc3)[C@H](F)C2)CCON1Cc1ccc(F)cc1.Oc1ccc([C@@H]2CCNC[C@H]2F)cc1. The molecule has 0 spiro atoms. The number of piperidine rings is 2. The van der Waals surface area contributed by atoms with Crippen molar-refractivity contribution in [2.24, 2.45) is 0 Å². The van der Waals surface area contributed by atoms with E-state index < -0.39 is 18.4 Å². The van der Waals surface area contributed by atoms with Crippen molar-refractivity contribution in [3.05, 3.63) is 131 Å². The molecule has 6 atom stereocenters. The zero-order valence-corrected chi connectivity index (χ0v) is 34.0. The molecule has 4 aliphatic heterocycles. The summed E-state index contributed by atoms with van der Waals surface area (Å²) in [7, 11) is 0. The zero-order valence-electron chi connectivity index (χ0n) is 32.4. The number of nitrogens with one attached hydrogen (secondary N) is 1. The number of hydrogen-bond acceptors (Lipinski definition) is 8. The number of phenols is 2. The molecule has 2 amide bonds. The minimum atomic E-state index is -1.09. The third kappa shape index (κ3) is 12.3. The van der Waals surface area contributed by atoms with Gasteiger partial charge in [0.1, 0.15) is 35.5 Å². The van der Waals surface area contributed by atoms with Crippen molar-refractivity contribution in [2.75, 3.05) is 39.4 Å². The van der Waals surface area contributed by atoms with Crippen LogP contribution in [0.2, 0.25) is 0 Å². The zero-order chi connectivity index (χ0) is 41.9. The first kappa shape index (κ1) is 44.0. The van der Waals surface area contributed by atoms with Crippen LogP contribution in [0.3, 0.4) is 0 Å². The fourth-order valence-electron chi connectivity index (χ4n) is 7.56. The van der Waals surface area contributed by atoms with Crippen molar-refractivity contribution in [3.8, 4) is 11.5 Å². The maximum Gasteiger partial charge on any atom is 0.263 e. The lowest BCUT2D eigenvalue weighted by Gasteiger charge is -2.42. The fourth-order valence-corrected chi connectivity index (χ4v) is 7.98. The molecule has 4 aliphatic rings. The van der Waals surface area contributed by atoms with E-state index in [4.69, 9.17) is 14.8 Å². The van der Waals surface area contributed by atoms with Gasteiger partial charge in [-0.15, -0.1) is 0 Å². The minimum Gasteiger partial charge on any atom is -0.508 e. The average Bonchev–Trinajstić information content (AvgIpc) is 3.23. The van der Waals surface area contributed by atoms with Gasteiger partial charge >= 0.3 is 0 Å². The van der Waals surface area contributed by atoms with Crippen LogP contribution in [-0.4, -0.2) is 99.7 Å². The highest BCUT2D eigenvalue weighted by Gasteiger charge is 2.40. The van der Waals surface area contributed by atoms with Gasteiger partial charge in [0.25, 0.3) is 11.8 Å². The average molecular weight is 886 g/mol. The molecule has 10 nitrogen and oxygen atoms in total. The van der Waals surface area contributed by atoms with E-state index in [1.807, 2.05) is 4.90 Å². The van der Waals surface area contributed by atoms with Gasteiger partial charge in [0, 0.05) is 24.9 Å². The Hall–Kier alpha value is -4.54. The Morgan fingerprint density at radius 3 is 1.64 bits per heavy atom. The number of alkyl halides is 3. The maximum absolute atomic E-state index is 15.0. The molecule has 4 aromatic rings. The maximum atomic E-state index is 15.0. The Bertz CT molecular complexity index is 1950. The second kappa shape index (κ2) is 21.1. The highest BCUT2D eigenvalue weighted by molar-refractivity contribution is 9.10. The van der Waals surface area contributed by atoms with Crippen LogP contribution < -0.4 is 5.32 Å². The van der Waals surface area contributed by atoms with Gasteiger partial charge in [-0.3, -0.25) is 24.2 Å². The summed E-state index contributed by atoms with van der Waals surface area (Å²) in [6.07, 6.45) is 0.733. The molecule has 0 aliphatic carbocycles. The number of halogens is 5. The number of carbonyl (C=O) groups is 2. The molecule has 4 fully saturated rings. The highest BCUT2D eigenvalue weighted by Crippen LogP contribution is 2.34. The van der Waals surface area contributed by atoms with E-state index in [-0.39, 0.29) is 64.7 Å². The molecular formula is C44H49BrF4N4O6. The van der Waals surface area contributed by atoms with Crippen LogP contribution in [0.25, 0.3) is 0 Å². The summed E-state index contributed by atoms with van der Waals surface area (Å²) >= 11 is 3.29. The van der Waals surface area contributed by atoms with E-state index >= 15 is 0 Å². The number of carbonyl (C=O) groups excluding carboxylic acids is 2. The van der Waals surface area contributed by atoms with Crippen LogP contribution in [0.15, 0.2) is 97.1 Å². The molecule has 0 saturated carbocycles. The lowest BCUT2D eigenvalue weighted by Crippen LogP contribution is -2.56. The van der Waals surface area contributed by atoms with Gasteiger partial charge < -0.3 is 15.5 Å². The van der Waals surface area contributed by atoms with Gasteiger partial charge in [-0.2, -0.15) is 0 Å². The lowest BCUT2D eigenvalue weighted by molar-refractivity contribution is -0.212. The van der Waals surface area contributed by atoms with Gasteiger partial charge in [-0.05, 0) is 110 Å². The number of nitrogens with zero attached hydrogens (tertiary/aromatic N) is 3. The van der Waals surface area contributed by atoms with Crippen molar-refractivity contribution >= 4 is 27.7 Å². The molecule has 4 aromatic carbocycles. The number of amides is 2. The molecule has 8 rings (SSSR count). The van der Waals surface area contributed by atoms with Crippen molar-refractivity contribution < 1.29 is 47.0 Å². The first-order chi connectivity index (χ1) is 28.4. The van der Waals surface area contributed by atoms with Gasteiger partial charge in [0.05, 0.1) is 37.2 Å². The molecule has 316 valence electrons. The van der Waals surface area contributed by atoms with E-state index in [2.05, 4.69) is 21.2 Å². The summed E-state index contributed by atoms with van der Waals surface area (Å²) in [6, 6.07) is 25.1. The molecule has 4 heterocycles. The summed E-state index contributed by atoms with van der Waals surface area (Å²) in [5.41, 5.74) is 3.47. The summed E-state index contributed by atoms with van der Waals surface area (Å²) in [5, 5.41) is 24.2. The van der Waals surface area contributed by atoms with Crippen LogP contribution in [0.1, 0.15) is 59.8 Å². The molecule has 0 radical (unpaired) electrons. The van der Waals surface area contributed by atoms with Crippen LogP contribution in [-0.2, 0) is 32.4 Å². The van der Waals surface area contributed by atoms with E-state index in [1.165, 1.54) is 34.4 Å². The number of aromatic hydroxyl groups is 2. The first-order valence-electron chi connectivity index (χ1n) is 19.8. The van der Waals surface area contributed by atoms with Gasteiger partial charge in [0.15, 0.2) is 0 Å². The van der Waals surface area contributed by atoms with Crippen molar-refractivity contribution in [1.82, 2.24) is 20.3 Å². The molecular weight excluding hydrogens is 836 g/mol. The van der Waals surface area contributed by atoms with Gasteiger partial charge in [-0.1, -0.05) is 64.5 Å². The molecule has 0 bridgehead atoms. The number of hydroxylamine groups is 4. The molecule has 0 aromatic heterocycles. The predicted molar refractivity (Wildman–Crippen MR) is 217 cm³/mol. The Labute approximate surface area is 349 Å². The number of benzene rings is 4. The molecule has 59 heavy (non-hydrogen) atoms. The highest BCUT2D eigenvalue weighted by atomic mass is 79.9. The van der Waals surface area contributed by atoms with Crippen LogP contribution in [0.4, 0.5) is 17.6 Å². The summed E-state index contributed by atoms with van der Waals surface area (Å²) < 4.78 is 54.2. The Balaban J connectivity index is 0.000000164. The standard InChI is InChI=1S/C22H24F2N2O3.C11H11BrFNO2.C11H14FNO/c23-17-5-1-15(2-6-17)13-26-22(28)21(10-12-29-26)25-11-9-19(20(24)14-25)16-3-7-18(27)8-4-16;12-10-5-6-16-14(11(10)15)7-8-1-3-9(13)4-2-8;12-11-7-13-6-5-10(11)8-1-3-9(14)4-2-8/h1-8,19-21,27H,9-14H2;1-4,10H,5-7H2;1-4,10-11,13-14H,5-7H2/t19-,20+,21?;;10-,11+/m0.0/s1. The Morgan fingerprint density at radius 2 is 1.14 bits per heavy atom. The van der Waals surface area contributed by atoms with Gasteiger partial charge in [-0.25, -0.2) is 27.7 Å². The third-order valence-electron chi connectivity index (χ3n) is 10.8. The van der Waals surface area contributed by atoms with E-state index in [9.17, 15) is 32.3 Å². The number of likely N-dealkylation sites (tertiary alicyclic amines) is 1. The second-order valence-electron chi connectivity index (χ2n) is 14.9. The Morgan fingerprint density at radius 1 is 0.644 bits per heavy atom. The summed E-state index contributed by atoms with van der Waals surface area (Å²) in [6.45, 7) is 3.59.